The topological polar surface area (TPSA) is 116 Å². The molecule has 0 amide bonds. The van der Waals surface area contributed by atoms with Crippen LogP contribution >= 0.6 is 0 Å². The first-order valence-corrected chi connectivity index (χ1v) is 10.6. The van der Waals surface area contributed by atoms with Gasteiger partial charge >= 0.3 is 5.97 Å². The Balaban J connectivity index is 1.68. The second-order valence-electron chi connectivity index (χ2n) is 6.03. The van der Waals surface area contributed by atoms with Crippen molar-refractivity contribution in [3.63, 3.8) is 0 Å². The number of sulfonamides is 1. The van der Waals surface area contributed by atoms with Crippen LogP contribution in [0.3, 0.4) is 0 Å². The summed E-state index contributed by atoms with van der Waals surface area (Å²) in [4.78, 5) is 14.2. The lowest BCUT2D eigenvalue weighted by Gasteiger charge is -2.09. The van der Waals surface area contributed by atoms with Crippen LogP contribution in [0.5, 0.6) is 17.2 Å². The zero-order chi connectivity index (χ0) is 22.3. The maximum atomic E-state index is 12.3. The minimum atomic E-state index is -3.84. The van der Waals surface area contributed by atoms with Crippen LogP contribution in [0.1, 0.15) is 23.0 Å². The molecule has 0 fully saturated rings. The van der Waals surface area contributed by atoms with Gasteiger partial charge in [-0.25, -0.2) is 9.63 Å². The van der Waals surface area contributed by atoms with Gasteiger partial charge in [0.1, 0.15) is 5.75 Å². The van der Waals surface area contributed by atoms with Crippen LogP contribution in [0.4, 0.5) is 0 Å². The first-order chi connectivity index (χ1) is 14.9. The van der Waals surface area contributed by atoms with Crippen LogP contribution in [-0.4, -0.2) is 34.3 Å². The lowest BCUT2D eigenvalue weighted by Crippen LogP contribution is -2.18. The van der Waals surface area contributed by atoms with E-state index in [9.17, 15) is 13.2 Å². The van der Waals surface area contributed by atoms with Crippen molar-refractivity contribution in [2.75, 3.05) is 13.7 Å². The third kappa shape index (κ3) is 5.64. The quantitative estimate of drug-likeness (QED) is 0.233. The van der Waals surface area contributed by atoms with Crippen molar-refractivity contribution in [3.8, 4) is 17.2 Å². The fourth-order valence-corrected chi connectivity index (χ4v) is 3.29. The largest absolute Gasteiger partial charge is 0.494 e. The normalized spacial score (nSPS) is 11.3. The molecule has 10 heteroatoms. The number of nitrogens with zero attached hydrogens (tertiary/aromatic N) is 1. The number of ether oxygens (including phenoxy) is 3. The van der Waals surface area contributed by atoms with E-state index >= 15 is 0 Å². The second-order valence-corrected chi connectivity index (χ2v) is 7.70. The summed E-state index contributed by atoms with van der Waals surface area (Å²) in [7, 11) is -2.43. The Hall–Kier alpha value is -3.79. The van der Waals surface area contributed by atoms with Gasteiger partial charge in [0.25, 0.3) is 10.0 Å². The molecule has 0 aliphatic heterocycles. The molecule has 0 aliphatic carbocycles. The molecule has 0 aliphatic rings. The van der Waals surface area contributed by atoms with Crippen LogP contribution in [0.15, 0.2) is 75.3 Å². The third-order valence-electron chi connectivity index (χ3n) is 3.94. The molecule has 0 radical (unpaired) electrons. The van der Waals surface area contributed by atoms with E-state index in [0.29, 0.717) is 17.9 Å². The highest BCUT2D eigenvalue weighted by atomic mass is 32.2. The zero-order valence-corrected chi connectivity index (χ0v) is 17.6. The van der Waals surface area contributed by atoms with Gasteiger partial charge in [0, 0.05) is 0 Å². The average Bonchev–Trinajstić information content (AvgIpc) is 3.30. The van der Waals surface area contributed by atoms with E-state index < -0.39 is 16.0 Å². The number of carbonyl (C=O) groups excluding carboxylic acids is 1. The van der Waals surface area contributed by atoms with Gasteiger partial charge in [-0.15, -0.1) is 0 Å². The number of hydrazone groups is 1. The Kier molecular flexibility index (Phi) is 6.93. The van der Waals surface area contributed by atoms with Gasteiger partial charge in [-0.1, -0.05) is 0 Å². The fourth-order valence-electron chi connectivity index (χ4n) is 2.50. The molecular weight excluding hydrogens is 424 g/mol. The molecule has 1 heterocycles. The highest BCUT2D eigenvalue weighted by molar-refractivity contribution is 7.89. The number of hydrogen-bond donors (Lipinski definition) is 1. The smallest absolute Gasteiger partial charge is 0.379 e. The van der Waals surface area contributed by atoms with Crippen molar-refractivity contribution >= 4 is 22.2 Å². The van der Waals surface area contributed by atoms with Gasteiger partial charge in [0.15, 0.2) is 11.5 Å². The molecule has 1 N–H and O–H groups in total. The van der Waals surface area contributed by atoms with Crippen molar-refractivity contribution in [1.82, 2.24) is 4.83 Å². The SMILES string of the molecule is CCOc1ccc(S(=O)(=O)N/N=C\c2ccc(OC(=O)c3ccco3)c(OC)c2)cc1. The minimum absolute atomic E-state index is 0.0471. The molecule has 2 aromatic carbocycles. The summed E-state index contributed by atoms with van der Waals surface area (Å²) < 4.78 is 45.5. The van der Waals surface area contributed by atoms with E-state index in [0.717, 1.165) is 0 Å². The Bertz CT molecular complexity index is 1150. The molecule has 0 saturated heterocycles. The van der Waals surface area contributed by atoms with E-state index in [-0.39, 0.29) is 22.2 Å². The third-order valence-corrected chi connectivity index (χ3v) is 5.18. The molecule has 0 saturated carbocycles. The lowest BCUT2D eigenvalue weighted by atomic mass is 10.2. The molecule has 1 aromatic heterocycles. The van der Waals surface area contributed by atoms with Crippen LogP contribution in [0.2, 0.25) is 0 Å². The summed E-state index contributed by atoms with van der Waals surface area (Å²) in [5, 5.41) is 3.78. The molecule has 9 nitrogen and oxygen atoms in total. The van der Waals surface area contributed by atoms with E-state index in [2.05, 4.69) is 9.93 Å². The number of carbonyl (C=O) groups is 1. The van der Waals surface area contributed by atoms with Gasteiger partial charge in [0.2, 0.25) is 5.76 Å². The van der Waals surface area contributed by atoms with Gasteiger partial charge in [-0.3, -0.25) is 0 Å². The lowest BCUT2D eigenvalue weighted by molar-refractivity contribution is 0.0696. The number of nitrogens with one attached hydrogen (secondary N) is 1. The van der Waals surface area contributed by atoms with Crippen LogP contribution < -0.4 is 19.0 Å². The van der Waals surface area contributed by atoms with Gasteiger partial charge in [-0.05, 0) is 67.1 Å². The summed E-state index contributed by atoms with van der Waals surface area (Å²) in [6, 6.07) is 13.7. The fraction of sp³-hybridized carbons (Fsp3) is 0.143. The van der Waals surface area contributed by atoms with Crippen molar-refractivity contribution in [2.24, 2.45) is 5.10 Å². The highest BCUT2D eigenvalue weighted by Crippen LogP contribution is 2.28. The molecule has 31 heavy (non-hydrogen) atoms. The van der Waals surface area contributed by atoms with Crippen molar-refractivity contribution < 1.29 is 31.8 Å². The van der Waals surface area contributed by atoms with Crippen molar-refractivity contribution in [1.29, 1.82) is 0 Å². The van der Waals surface area contributed by atoms with E-state index in [1.165, 1.54) is 43.9 Å². The molecule has 0 spiro atoms. The van der Waals surface area contributed by atoms with Crippen LogP contribution in [0, 0.1) is 0 Å². The molecule has 0 unspecified atom stereocenters. The molecule has 0 atom stereocenters. The van der Waals surface area contributed by atoms with Gasteiger partial charge < -0.3 is 18.6 Å². The van der Waals surface area contributed by atoms with E-state index in [4.69, 9.17) is 18.6 Å². The molecule has 0 bridgehead atoms. The Morgan fingerprint density at radius 3 is 2.55 bits per heavy atom. The van der Waals surface area contributed by atoms with Crippen LogP contribution in [0.25, 0.3) is 0 Å². The summed E-state index contributed by atoms with van der Waals surface area (Å²) in [5.41, 5.74) is 0.518. The average molecular weight is 444 g/mol. The second kappa shape index (κ2) is 9.81. The number of hydrogen-bond acceptors (Lipinski definition) is 8. The van der Waals surface area contributed by atoms with E-state index in [1.807, 2.05) is 6.92 Å². The predicted molar refractivity (Wildman–Crippen MR) is 112 cm³/mol. The highest BCUT2D eigenvalue weighted by Gasteiger charge is 2.15. The molecular formula is C21H20N2O7S. The number of benzene rings is 2. The number of esters is 1. The summed E-state index contributed by atoms with van der Waals surface area (Å²) in [6.45, 7) is 2.32. The Morgan fingerprint density at radius 2 is 1.90 bits per heavy atom. The molecule has 162 valence electrons. The molecule has 3 rings (SSSR count). The zero-order valence-electron chi connectivity index (χ0n) is 16.8. The maximum Gasteiger partial charge on any atom is 0.379 e. The summed E-state index contributed by atoms with van der Waals surface area (Å²) in [5.74, 6) is 0.392. The van der Waals surface area contributed by atoms with E-state index in [1.54, 1.807) is 30.3 Å². The van der Waals surface area contributed by atoms with Crippen molar-refractivity contribution in [2.45, 2.75) is 11.8 Å². The first kappa shape index (κ1) is 21.9. The van der Waals surface area contributed by atoms with Crippen molar-refractivity contribution in [3.05, 3.63) is 72.2 Å². The van der Waals surface area contributed by atoms with Gasteiger partial charge in [0.05, 0.1) is 31.1 Å². The minimum Gasteiger partial charge on any atom is -0.494 e. The monoisotopic (exact) mass is 444 g/mol. The first-order valence-electron chi connectivity index (χ1n) is 9.14. The number of furan rings is 1. The Labute approximate surface area is 179 Å². The number of methoxy groups -OCH3 is 1. The summed E-state index contributed by atoms with van der Waals surface area (Å²) in [6.07, 6.45) is 2.66. The van der Waals surface area contributed by atoms with Crippen LogP contribution in [-0.2, 0) is 10.0 Å². The number of rotatable bonds is 9. The standard InChI is InChI=1S/C21H20N2O7S/c1-3-28-16-7-9-17(10-8-16)31(25,26)23-22-14-15-6-11-18(20(13-15)27-2)30-21(24)19-5-4-12-29-19/h4-14,23H,3H2,1-2H3/b22-14-. The summed E-state index contributed by atoms with van der Waals surface area (Å²) >= 11 is 0. The maximum absolute atomic E-state index is 12.3. The predicted octanol–water partition coefficient (Wildman–Crippen LogP) is 3.22. The Morgan fingerprint density at radius 1 is 1.13 bits per heavy atom. The molecule has 3 aromatic rings. The van der Waals surface area contributed by atoms with Gasteiger partial charge in [-0.2, -0.15) is 13.5 Å².